The quantitative estimate of drug-likeness (QED) is 0.581. The summed E-state index contributed by atoms with van der Waals surface area (Å²) in [6, 6.07) is 9.99. The fourth-order valence-corrected chi connectivity index (χ4v) is 3.45. The van der Waals surface area contributed by atoms with Crippen molar-refractivity contribution in [1.29, 1.82) is 0 Å². The van der Waals surface area contributed by atoms with Gasteiger partial charge in [0.15, 0.2) is 5.82 Å². The SMILES string of the molecule is CCc1ccc(-c2nc(Cl)c3cccc(Br)c3n2)s1. The highest BCUT2D eigenvalue weighted by Crippen LogP contribution is 2.32. The van der Waals surface area contributed by atoms with E-state index >= 15 is 0 Å². The van der Waals surface area contributed by atoms with Crippen LogP contribution in [-0.4, -0.2) is 9.97 Å². The topological polar surface area (TPSA) is 25.8 Å². The van der Waals surface area contributed by atoms with E-state index in [1.807, 2.05) is 18.2 Å². The summed E-state index contributed by atoms with van der Waals surface area (Å²) in [5, 5.41) is 1.36. The van der Waals surface area contributed by atoms with Crippen molar-refractivity contribution in [3.8, 4) is 10.7 Å². The van der Waals surface area contributed by atoms with Crippen molar-refractivity contribution in [2.45, 2.75) is 13.3 Å². The molecule has 0 saturated carbocycles. The van der Waals surface area contributed by atoms with Crippen LogP contribution in [0.25, 0.3) is 21.6 Å². The van der Waals surface area contributed by atoms with E-state index in [9.17, 15) is 0 Å². The molecule has 0 unspecified atom stereocenters. The monoisotopic (exact) mass is 352 g/mol. The Morgan fingerprint density at radius 2 is 2.05 bits per heavy atom. The standard InChI is InChI=1S/C14H10BrClN2S/c1-2-8-6-7-11(19-8)14-17-12-9(13(16)18-14)4-3-5-10(12)15/h3-7H,2H2,1H3. The van der Waals surface area contributed by atoms with Crippen LogP contribution in [0.3, 0.4) is 0 Å². The maximum absolute atomic E-state index is 6.26. The molecule has 19 heavy (non-hydrogen) atoms. The summed E-state index contributed by atoms with van der Waals surface area (Å²) in [5.41, 5.74) is 0.851. The van der Waals surface area contributed by atoms with E-state index in [0.717, 1.165) is 26.7 Å². The first-order chi connectivity index (χ1) is 9.19. The first-order valence-electron chi connectivity index (χ1n) is 5.90. The molecule has 0 aliphatic carbocycles. The average Bonchev–Trinajstić information content (AvgIpc) is 2.88. The van der Waals surface area contributed by atoms with Crippen LogP contribution in [0, 0.1) is 0 Å². The predicted octanol–water partition coefficient (Wildman–Crippen LogP) is 5.34. The third kappa shape index (κ3) is 2.40. The Bertz CT molecular complexity index is 754. The van der Waals surface area contributed by atoms with Crippen molar-refractivity contribution >= 4 is 49.8 Å². The van der Waals surface area contributed by atoms with Crippen molar-refractivity contribution in [2.75, 3.05) is 0 Å². The maximum Gasteiger partial charge on any atom is 0.171 e. The molecule has 2 heterocycles. The van der Waals surface area contributed by atoms with Crippen LogP contribution in [0.1, 0.15) is 11.8 Å². The first kappa shape index (κ1) is 13.0. The van der Waals surface area contributed by atoms with Crippen LogP contribution in [0.15, 0.2) is 34.8 Å². The normalized spacial score (nSPS) is 11.1. The minimum atomic E-state index is 0.493. The summed E-state index contributed by atoms with van der Waals surface area (Å²) in [5.74, 6) is 0.689. The molecule has 0 N–H and O–H groups in total. The summed E-state index contributed by atoms with van der Waals surface area (Å²) in [4.78, 5) is 11.4. The molecule has 3 aromatic rings. The molecule has 0 saturated heterocycles. The van der Waals surface area contributed by atoms with E-state index in [-0.39, 0.29) is 0 Å². The molecule has 2 aromatic heterocycles. The zero-order valence-corrected chi connectivity index (χ0v) is 13.3. The Balaban J connectivity index is 2.22. The van der Waals surface area contributed by atoms with Gasteiger partial charge in [0.1, 0.15) is 5.15 Å². The number of halogens is 2. The van der Waals surface area contributed by atoms with E-state index in [2.05, 4.69) is 45.0 Å². The number of thiophene rings is 1. The fourth-order valence-electron chi connectivity index (χ4n) is 1.88. The highest BCUT2D eigenvalue weighted by atomic mass is 79.9. The second kappa shape index (κ2) is 5.19. The van der Waals surface area contributed by atoms with Crippen LogP contribution in [0.2, 0.25) is 5.15 Å². The zero-order chi connectivity index (χ0) is 13.4. The van der Waals surface area contributed by atoms with Gasteiger partial charge in [-0.3, -0.25) is 0 Å². The van der Waals surface area contributed by atoms with Crippen LogP contribution >= 0.6 is 38.9 Å². The second-order valence-corrected chi connectivity index (χ2v) is 6.47. The Morgan fingerprint density at radius 1 is 1.21 bits per heavy atom. The Morgan fingerprint density at radius 3 is 2.79 bits per heavy atom. The van der Waals surface area contributed by atoms with E-state index in [0.29, 0.717) is 11.0 Å². The molecule has 0 aliphatic heterocycles. The molecule has 0 fully saturated rings. The van der Waals surface area contributed by atoms with Crippen LogP contribution in [0.4, 0.5) is 0 Å². The molecule has 0 radical (unpaired) electrons. The number of hydrogen-bond acceptors (Lipinski definition) is 3. The molecular formula is C14H10BrClN2S. The predicted molar refractivity (Wildman–Crippen MR) is 84.9 cm³/mol. The lowest BCUT2D eigenvalue weighted by Crippen LogP contribution is -1.90. The van der Waals surface area contributed by atoms with Gasteiger partial charge in [0.05, 0.1) is 10.4 Å². The van der Waals surface area contributed by atoms with Crippen molar-refractivity contribution in [1.82, 2.24) is 9.97 Å². The number of para-hydroxylation sites is 1. The lowest BCUT2D eigenvalue weighted by atomic mass is 10.2. The zero-order valence-electron chi connectivity index (χ0n) is 10.2. The molecule has 1 aromatic carbocycles. The van der Waals surface area contributed by atoms with Gasteiger partial charge in [-0.15, -0.1) is 11.3 Å². The van der Waals surface area contributed by atoms with Gasteiger partial charge in [-0.25, -0.2) is 9.97 Å². The Kier molecular flexibility index (Phi) is 3.56. The van der Waals surface area contributed by atoms with E-state index in [1.54, 1.807) is 11.3 Å². The Labute approximate surface area is 128 Å². The molecule has 2 nitrogen and oxygen atoms in total. The van der Waals surface area contributed by atoms with Crippen molar-refractivity contribution in [2.24, 2.45) is 0 Å². The molecule has 0 spiro atoms. The molecule has 0 atom stereocenters. The highest BCUT2D eigenvalue weighted by Gasteiger charge is 2.11. The molecule has 0 amide bonds. The summed E-state index contributed by atoms with van der Waals surface area (Å²) in [6.07, 6.45) is 1.02. The summed E-state index contributed by atoms with van der Waals surface area (Å²) in [6.45, 7) is 2.14. The van der Waals surface area contributed by atoms with Gasteiger partial charge >= 0.3 is 0 Å². The molecule has 5 heteroatoms. The third-order valence-corrected chi connectivity index (χ3v) is 5.01. The lowest BCUT2D eigenvalue weighted by Gasteiger charge is -2.04. The third-order valence-electron chi connectivity index (χ3n) is 2.86. The largest absolute Gasteiger partial charge is 0.226 e. The minimum absolute atomic E-state index is 0.493. The van der Waals surface area contributed by atoms with Crippen LogP contribution in [-0.2, 0) is 6.42 Å². The minimum Gasteiger partial charge on any atom is -0.226 e. The number of aryl methyl sites for hydroxylation is 1. The van der Waals surface area contributed by atoms with Gasteiger partial charge in [0.2, 0.25) is 0 Å². The number of fused-ring (bicyclic) bond motifs is 1. The number of benzene rings is 1. The van der Waals surface area contributed by atoms with E-state index in [4.69, 9.17) is 11.6 Å². The average molecular weight is 354 g/mol. The Hall–Kier alpha value is -0.970. The second-order valence-electron chi connectivity index (χ2n) is 4.09. The number of nitrogens with zero attached hydrogens (tertiary/aromatic N) is 2. The number of hydrogen-bond donors (Lipinski definition) is 0. The summed E-state index contributed by atoms with van der Waals surface area (Å²) < 4.78 is 0.933. The van der Waals surface area contributed by atoms with E-state index < -0.39 is 0 Å². The van der Waals surface area contributed by atoms with Gasteiger partial charge in [-0.05, 0) is 46.6 Å². The van der Waals surface area contributed by atoms with Gasteiger partial charge in [0.25, 0.3) is 0 Å². The maximum atomic E-state index is 6.26. The molecule has 96 valence electrons. The lowest BCUT2D eigenvalue weighted by molar-refractivity contribution is 1.19. The van der Waals surface area contributed by atoms with Crippen LogP contribution in [0.5, 0.6) is 0 Å². The van der Waals surface area contributed by atoms with Gasteiger partial charge in [-0.1, -0.05) is 24.6 Å². The number of aromatic nitrogens is 2. The van der Waals surface area contributed by atoms with Gasteiger partial charge < -0.3 is 0 Å². The molecular weight excluding hydrogens is 344 g/mol. The van der Waals surface area contributed by atoms with Gasteiger partial charge in [0, 0.05) is 14.7 Å². The van der Waals surface area contributed by atoms with Crippen molar-refractivity contribution in [3.05, 3.63) is 44.8 Å². The van der Waals surface area contributed by atoms with Gasteiger partial charge in [-0.2, -0.15) is 0 Å². The molecule has 0 aliphatic rings. The smallest absolute Gasteiger partial charge is 0.171 e. The fraction of sp³-hybridized carbons (Fsp3) is 0.143. The number of rotatable bonds is 2. The van der Waals surface area contributed by atoms with Crippen molar-refractivity contribution < 1.29 is 0 Å². The molecule has 3 rings (SSSR count). The summed E-state index contributed by atoms with van der Waals surface area (Å²) in [7, 11) is 0. The molecule has 0 bridgehead atoms. The van der Waals surface area contributed by atoms with Crippen molar-refractivity contribution in [3.63, 3.8) is 0 Å². The highest BCUT2D eigenvalue weighted by molar-refractivity contribution is 9.10. The van der Waals surface area contributed by atoms with E-state index in [1.165, 1.54) is 4.88 Å². The van der Waals surface area contributed by atoms with Crippen LogP contribution < -0.4 is 0 Å². The summed E-state index contributed by atoms with van der Waals surface area (Å²) >= 11 is 11.5. The first-order valence-corrected chi connectivity index (χ1v) is 7.88.